The first-order valence-electron chi connectivity index (χ1n) is 10.1. The number of amides is 1. The van der Waals surface area contributed by atoms with Crippen molar-refractivity contribution in [2.75, 3.05) is 14.2 Å². The highest BCUT2D eigenvalue weighted by atomic mass is 16.5. The van der Waals surface area contributed by atoms with Crippen LogP contribution in [0.25, 0.3) is 5.76 Å². The molecule has 1 aromatic heterocycles. The molecule has 8 nitrogen and oxygen atoms in total. The average Bonchev–Trinajstić information content (AvgIpc) is 3.08. The van der Waals surface area contributed by atoms with Crippen LogP contribution in [0, 0.1) is 0 Å². The number of aliphatic hydroxyl groups excluding tert-OH is 1. The van der Waals surface area contributed by atoms with Crippen molar-refractivity contribution >= 4 is 17.4 Å². The molecule has 8 heteroatoms. The van der Waals surface area contributed by atoms with Crippen molar-refractivity contribution in [3.05, 3.63) is 89.3 Å². The number of hydrogen-bond donors (Lipinski definition) is 2. The van der Waals surface area contributed by atoms with Gasteiger partial charge in [-0.05, 0) is 42.0 Å². The van der Waals surface area contributed by atoms with E-state index in [2.05, 4.69) is 4.98 Å². The predicted octanol–water partition coefficient (Wildman–Crippen LogP) is 3.43. The molecule has 1 saturated heterocycles. The van der Waals surface area contributed by atoms with Gasteiger partial charge in [-0.2, -0.15) is 0 Å². The molecule has 1 fully saturated rings. The van der Waals surface area contributed by atoms with Gasteiger partial charge in [-0.15, -0.1) is 0 Å². The molecule has 1 amide bonds. The SMILES string of the molecule is COc1ccc(/C(O)=C2/C(=O)C(=O)N(Cc3ccccn3)C2c2cccc(O)c2)c(OC)c1. The Labute approximate surface area is 190 Å². The van der Waals surface area contributed by atoms with E-state index in [1.807, 2.05) is 0 Å². The minimum Gasteiger partial charge on any atom is -0.508 e. The van der Waals surface area contributed by atoms with Gasteiger partial charge in [-0.3, -0.25) is 14.6 Å². The van der Waals surface area contributed by atoms with Gasteiger partial charge in [0.2, 0.25) is 0 Å². The molecule has 33 heavy (non-hydrogen) atoms. The summed E-state index contributed by atoms with van der Waals surface area (Å²) >= 11 is 0. The van der Waals surface area contributed by atoms with Crippen molar-refractivity contribution in [2.45, 2.75) is 12.6 Å². The zero-order valence-electron chi connectivity index (χ0n) is 18.1. The maximum Gasteiger partial charge on any atom is 0.296 e. The second kappa shape index (κ2) is 9.04. The number of carbonyl (C=O) groups is 2. The molecule has 1 unspecified atom stereocenters. The fourth-order valence-electron chi connectivity index (χ4n) is 3.89. The van der Waals surface area contributed by atoms with Gasteiger partial charge < -0.3 is 24.6 Å². The quantitative estimate of drug-likeness (QED) is 0.339. The van der Waals surface area contributed by atoms with Crippen molar-refractivity contribution in [2.24, 2.45) is 0 Å². The van der Waals surface area contributed by atoms with Gasteiger partial charge in [0.05, 0.1) is 43.6 Å². The van der Waals surface area contributed by atoms with Crippen LogP contribution in [0.3, 0.4) is 0 Å². The van der Waals surface area contributed by atoms with Crippen LogP contribution in [0.5, 0.6) is 17.2 Å². The van der Waals surface area contributed by atoms with Crippen LogP contribution in [0.15, 0.2) is 72.4 Å². The van der Waals surface area contributed by atoms with E-state index < -0.39 is 17.7 Å². The summed E-state index contributed by atoms with van der Waals surface area (Å²) in [6.45, 7) is 0.0439. The number of aromatic hydroxyl groups is 1. The Morgan fingerprint density at radius 2 is 1.85 bits per heavy atom. The fraction of sp³-hybridized carbons (Fsp3) is 0.160. The first-order chi connectivity index (χ1) is 15.9. The number of likely N-dealkylation sites (tertiary alicyclic amines) is 1. The summed E-state index contributed by atoms with van der Waals surface area (Å²) in [6.07, 6.45) is 1.59. The van der Waals surface area contributed by atoms with Crippen molar-refractivity contribution in [3.63, 3.8) is 0 Å². The predicted molar refractivity (Wildman–Crippen MR) is 120 cm³/mol. The van der Waals surface area contributed by atoms with Crippen LogP contribution in [-0.4, -0.2) is 46.0 Å². The number of phenolic OH excluding ortho intramolecular Hbond substituents is 1. The molecule has 0 bridgehead atoms. The van der Waals surface area contributed by atoms with E-state index in [4.69, 9.17) is 9.47 Å². The molecule has 2 N–H and O–H groups in total. The molecule has 3 aromatic rings. The summed E-state index contributed by atoms with van der Waals surface area (Å²) < 4.78 is 10.6. The summed E-state index contributed by atoms with van der Waals surface area (Å²) in [6, 6.07) is 15.3. The molecule has 4 rings (SSSR count). The van der Waals surface area contributed by atoms with Crippen molar-refractivity contribution in [3.8, 4) is 17.2 Å². The molecule has 1 aliphatic rings. The van der Waals surface area contributed by atoms with Crippen LogP contribution in [0.2, 0.25) is 0 Å². The van der Waals surface area contributed by atoms with Crippen LogP contribution in [0.1, 0.15) is 22.9 Å². The lowest BCUT2D eigenvalue weighted by Gasteiger charge is -2.25. The third-order valence-corrected chi connectivity index (χ3v) is 5.45. The highest BCUT2D eigenvalue weighted by molar-refractivity contribution is 6.46. The minimum absolute atomic E-state index is 0.0297. The molecular weight excluding hydrogens is 424 g/mol. The second-order valence-electron chi connectivity index (χ2n) is 7.41. The first kappa shape index (κ1) is 21.9. The number of Topliss-reactive ketones (excluding diaryl/α,β-unsaturated/α-hetero) is 1. The maximum atomic E-state index is 13.2. The molecule has 0 radical (unpaired) electrons. The number of ketones is 1. The van der Waals surface area contributed by atoms with Gasteiger partial charge in [0.1, 0.15) is 23.0 Å². The number of ether oxygens (including phenoxy) is 2. The van der Waals surface area contributed by atoms with E-state index in [0.29, 0.717) is 17.0 Å². The van der Waals surface area contributed by atoms with E-state index in [-0.39, 0.29) is 34.9 Å². The Morgan fingerprint density at radius 1 is 1.03 bits per heavy atom. The number of pyridine rings is 1. The van der Waals surface area contributed by atoms with Gasteiger partial charge in [0, 0.05) is 12.3 Å². The monoisotopic (exact) mass is 446 g/mol. The van der Waals surface area contributed by atoms with E-state index in [1.165, 1.54) is 31.3 Å². The summed E-state index contributed by atoms with van der Waals surface area (Å²) in [4.78, 5) is 31.8. The normalized spacial score (nSPS) is 17.3. The number of nitrogens with zero attached hydrogens (tertiary/aromatic N) is 2. The number of aliphatic hydroxyl groups is 1. The average molecular weight is 446 g/mol. The van der Waals surface area contributed by atoms with Gasteiger partial charge >= 0.3 is 0 Å². The van der Waals surface area contributed by atoms with Gasteiger partial charge in [-0.25, -0.2) is 0 Å². The van der Waals surface area contributed by atoms with Crippen LogP contribution in [0.4, 0.5) is 0 Å². The fourth-order valence-corrected chi connectivity index (χ4v) is 3.89. The lowest BCUT2D eigenvalue weighted by atomic mass is 9.94. The molecule has 0 spiro atoms. The lowest BCUT2D eigenvalue weighted by molar-refractivity contribution is -0.140. The van der Waals surface area contributed by atoms with E-state index in [1.54, 1.807) is 54.7 Å². The Morgan fingerprint density at radius 3 is 2.52 bits per heavy atom. The highest BCUT2D eigenvalue weighted by Gasteiger charge is 2.46. The summed E-state index contributed by atoms with van der Waals surface area (Å²) in [5.41, 5.74) is 1.18. The maximum absolute atomic E-state index is 13.2. The van der Waals surface area contributed by atoms with E-state index >= 15 is 0 Å². The van der Waals surface area contributed by atoms with Gasteiger partial charge in [0.25, 0.3) is 11.7 Å². The molecule has 1 aliphatic heterocycles. The Balaban J connectivity index is 1.90. The summed E-state index contributed by atoms with van der Waals surface area (Å²) in [7, 11) is 2.93. The van der Waals surface area contributed by atoms with Crippen LogP contribution in [-0.2, 0) is 16.1 Å². The molecule has 2 aromatic carbocycles. The minimum atomic E-state index is -0.939. The molecule has 0 aliphatic carbocycles. The van der Waals surface area contributed by atoms with E-state index in [9.17, 15) is 19.8 Å². The Bertz CT molecular complexity index is 1240. The van der Waals surface area contributed by atoms with Gasteiger partial charge in [-0.1, -0.05) is 18.2 Å². The second-order valence-corrected chi connectivity index (χ2v) is 7.41. The third kappa shape index (κ3) is 4.10. The number of aromatic nitrogens is 1. The standard InChI is InChI=1S/C25H22N2O6/c1-32-18-9-10-19(20(13-18)33-2)23(29)21-22(15-6-5-8-17(28)12-15)27(25(31)24(21)30)14-16-7-3-4-11-26-16/h3-13,22,28-29H,14H2,1-2H3/b23-21-. The largest absolute Gasteiger partial charge is 0.508 e. The van der Waals surface area contributed by atoms with E-state index in [0.717, 1.165) is 0 Å². The third-order valence-electron chi connectivity index (χ3n) is 5.45. The number of methoxy groups -OCH3 is 2. The summed E-state index contributed by atoms with van der Waals surface area (Å²) in [5.74, 6) is -1.25. The van der Waals surface area contributed by atoms with Crippen LogP contribution < -0.4 is 9.47 Å². The lowest BCUT2D eigenvalue weighted by Crippen LogP contribution is -2.29. The molecule has 0 saturated carbocycles. The van der Waals surface area contributed by atoms with Crippen molar-refractivity contribution in [1.82, 2.24) is 9.88 Å². The molecule has 2 heterocycles. The van der Waals surface area contributed by atoms with Crippen LogP contribution >= 0.6 is 0 Å². The highest BCUT2D eigenvalue weighted by Crippen LogP contribution is 2.42. The zero-order valence-corrected chi connectivity index (χ0v) is 18.1. The first-order valence-corrected chi connectivity index (χ1v) is 10.1. The molecule has 1 atom stereocenters. The van der Waals surface area contributed by atoms with Gasteiger partial charge in [0.15, 0.2) is 0 Å². The summed E-state index contributed by atoms with van der Waals surface area (Å²) in [5, 5.41) is 21.3. The molecule has 168 valence electrons. The number of phenols is 1. The Kier molecular flexibility index (Phi) is 5.99. The topological polar surface area (TPSA) is 109 Å². The number of hydrogen-bond acceptors (Lipinski definition) is 7. The number of rotatable bonds is 6. The number of carbonyl (C=O) groups excluding carboxylic acids is 2. The Hall–Kier alpha value is -4.33. The number of benzene rings is 2. The van der Waals surface area contributed by atoms with Crippen molar-refractivity contribution in [1.29, 1.82) is 0 Å². The smallest absolute Gasteiger partial charge is 0.296 e. The zero-order chi connectivity index (χ0) is 23.5. The molecular formula is C25H22N2O6. The van der Waals surface area contributed by atoms with Crippen molar-refractivity contribution < 1.29 is 29.3 Å².